The maximum absolute atomic E-state index is 2.65. The first-order chi connectivity index (χ1) is 45.7. The monoisotopic (exact) mass is 1210 g/mol. The van der Waals surface area contributed by atoms with Gasteiger partial charge >= 0.3 is 0 Å². The van der Waals surface area contributed by atoms with Crippen LogP contribution in [0.3, 0.4) is 0 Å². The molecule has 0 amide bonds. The van der Waals surface area contributed by atoms with Crippen molar-refractivity contribution < 1.29 is 0 Å². The van der Waals surface area contributed by atoms with E-state index in [1.807, 2.05) is 23.5 Å². The molecule has 14 aromatic carbocycles. The zero-order valence-corrected chi connectivity index (χ0v) is 51.7. The predicted molar refractivity (Wildman–Crippen MR) is 392 cm³/mol. The molecule has 4 aliphatic rings. The zero-order valence-electron chi connectivity index (χ0n) is 50.1. The van der Waals surface area contributed by atoms with Gasteiger partial charge in [-0.1, -0.05) is 277 Å². The normalized spacial score (nSPS) is 12.8. The second-order valence-corrected chi connectivity index (χ2v) is 26.0. The van der Waals surface area contributed by atoms with Gasteiger partial charge in [-0.05, 0) is 136 Å². The number of benzene rings is 14. The number of para-hydroxylation sites is 6. The molecule has 8 heteroatoms. The van der Waals surface area contributed by atoms with E-state index in [9.17, 15) is 0 Å². The maximum atomic E-state index is 2.65. The quantitative estimate of drug-likeness (QED) is 0.119. The van der Waals surface area contributed by atoms with Crippen molar-refractivity contribution in [3.63, 3.8) is 0 Å². The summed E-state index contributed by atoms with van der Waals surface area (Å²) in [4.78, 5) is 15.2. The molecular formula is C84H56B2N4S2. The molecule has 430 valence electrons. The van der Waals surface area contributed by atoms with Gasteiger partial charge in [-0.15, -0.1) is 0 Å². The minimum atomic E-state index is -0.0970. The first-order valence-corrected chi connectivity index (χ1v) is 33.2. The van der Waals surface area contributed by atoms with E-state index >= 15 is 0 Å². The Balaban J connectivity index is 0.943. The molecule has 18 rings (SSSR count). The van der Waals surface area contributed by atoms with Gasteiger partial charge < -0.3 is 19.6 Å². The van der Waals surface area contributed by atoms with E-state index in [4.69, 9.17) is 0 Å². The van der Waals surface area contributed by atoms with E-state index in [2.05, 4.69) is 359 Å². The zero-order chi connectivity index (χ0) is 60.6. The van der Waals surface area contributed by atoms with E-state index in [1.165, 1.54) is 52.4 Å². The summed E-state index contributed by atoms with van der Waals surface area (Å²) in [5.74, 6) is 0. The SMILES string of the molecule is c1ccc(-c2ccccc2N2c3cc4c(cc3B3c5ccccc5Sc5cc(N(c6ccccc6)c6ccccc6)cc2c53)B2c3ccccc3Sc3cc(N(c5ccccc5)c5c(-c6ccccc6)cccc5-c5ccccc5)cc(c32)N4c2ccccc2)cc1. The lowest BCUT2D eigenvalue weighted by molar-refractivity contribution is 1.21. The van der Waals surface area contributed by atoms with Crippen LogP contribution in [-0.2, 0) is 0 Å². The third kappa shape index (κ3) is 8.96. The van der Waals surface area contributed by atoms with Crippen molar-refractivity contribution in [1.29, 1.82) is 0 Å². The van der Waals surface area contributed by atoms with Crippen molar-refractivity contribution in [1.82, 2.24) is 0 Å². The highest BCUT2D eigenvalue weighted by Crippen LogP contribution is 2.53. The summed E-state index contributed by atoms with van der Waals surface area (Å²) in [6, 6.07) is 126. The standard InChI is InChI=1S/C84H56B2N4S2/c1-8-29-57(30-9-1)66-43-22-25-48-73(66)90-75-56-74-71(55-72(75)86-70-47-24-27-50-79(70)91-80-53-64(51-77(90)83(80)86)87(60-35-14-4-15-36-60)61-37-16-5-17-38-61)85-69-46-23-26-49-78(69)92-81-54-65(52-76(82(81)85)89(74)63-41-20-7-21-42-63)88(62-39-18-6-19-40-62)84-67(58-31-10-2-11-32-58)44-28-45-68(84)59-33-12-3-13-34-59/h1-56H. The molecular weight excluding hydrogens is 1150 g/mol. The van der Waals surface area contributed by atoms with Crippen molar-refractivity contribution in [3.8, 4) is 33.4 Å². The summed E-state index contributed by atoms with van der Waals surface area (Å²) in [6.45, 7) is -0.182. The summed E-state index contributed by atoms with van der Waals surface area (Å²) < 4.78 is 0. The highest BCUT2D eigenvalue weighted by molar-refractivity contribution is 8.00. The Morgan fingerprint density at radius 1 is 0.239 bits per heavy atom. The molecule has 4 heterocycles. The van der Waals surface area contributed by atoms with Gasteiger partial charge in [0.1, 0.15) is 0 Å². The average molecular weight is 1210 g/mol. The number of fused-ring (bicyclic) bond motifs is 8. The molecule has 0 saturated carbocycles. The number of hydrogen-bond acceptors (Lipinski definition) is 6. The Labute approximate surface area is 546 Å². The molecule has 0 radical (unpaired) electrons. The molecule has 92 heavy (non-hydrogen) atoms. The van der Waals surface area contributed by atoms with Crippen LogP contribution in [0.1, 0.15) is 0 Å². The Morgan fingerprint density at radius 3 is 1.13 bits per heavy atom. The van der Waals surface area contributed by atoms with Crippen molar-refractivity contribution >= 4 is 138 Å². The molecule has 0 spiro atoms. The molecule has 0 fully saturated rings. The Morgan fingerprint density at radius 2 is 0.620 bits per heavy atom. The number of nitrogens with zero attached hydrogens (tertiary/aromatic N) is 4. The minimum Gasteiger partial charge on any atom is -0.311 e. The summed E-state index contributed by atoms with van der Waals surface area (Å²) in [5, 5.41) is 0. The van der Waals surface area contributed by atoms with Crippen LogP contribution in [0, 0.1) is 0 Å². The highest BCUT2D eigenvalue weighted by atomic mass is 32.2. The first kappa shape index (κ1) is 54.1. The maximum Gasteiger partial charge on any atom is 0.249 e. The van der Waals surface area contributed by atoms with Gasteiger partial charge in [0.05, 0.1) is 11.4 Å². The van der Waals surface area contributed by atoms with E-state index in [1.54, 1.807) is 0 Å². The summed E-state index contributed by atoms with van der Waals surface area (Å²) in [5.41, 5.74) is 28.1. The van der Waals surface area contributed by atoms with Crippen LogP contribution in [-0.4, -0.2) is 13.4 Å². The van der Waals surface area contributed by atoms with Gasteiger partial charge in [0.25, 0.3) is 0 Å². The molecule has 0 saturated heterocycles. The van der Waals surface area contributed by atoms with Gasteiger partial charge in [-0.2, -0.15) is 0 Å². The molecule has 0 atom stereocenters. The molecule has 0 aliphatic carbocycles. The first-order valence-electron chi connectivity index (χ1n) is 31.5. The lowest BCUT2D eigenvalue weighted by Crippen LogP contribution is -2.64. The van der Waals surface area contributed by atoms with E-state index < -0.39 is 0 Å². The van der Waals surface area contributed by atoms with Crippen LogP contribution in [0.2, 0.25) is 0 Å². The number of hydrogen-bond donors (Lipinski definition) is 0. The van der Waals surface area contributed by atoms with Crippen LogP contribution in [0.5, 0.6) is 0 Å². The molecule has 0 N–H and O–H groups in total. The lowest BCUT2D eigenvalue weighted by atomic mass is 9.31. The Kier molecular flexibility index (Phi) is 13.3. The fourth-order valence-corrected chi connectivity index (χ4v) is 17.2. The third-order valence-corrected chi connectivity index (χ3v) is 21.0. The molecule has 0 unspecified atom stereocenters. The van der Waals surface area contributed by atoms with E-state index in [-0.39, 0.29) is 13.4 Å². The Bertz CT molecular complexity index is 5040. The van der Waals surface area contributed by atoms with Gasteiger partial charge in [0, 0.05) is 93.1 Å². The van der Waals surface area contributed by atoms with Crippen molar-refractivity contribution in [2.45, 2.75) is 19.6 Å². The van der Waals surface area contributed by atoms with E-state index in [0.29, 0.717) is 0 Å². The summed E-state index contributed by atoms with van der Waals surface area (Å²) in [6.07, 6.45) is 0. The smallest absolute Gasteiger partial charge is 0.249 e. The number of anilines is 12. The van der Waals surface area contributed by atoms with Crippen LogP contribution in [0.4, 0.5) is 68.2 Å². The number of rotatable bonds is 11. The van der Waals surface area contributed by atoms with Crippen LogP contribution in [0.25, 0.3) is 33.4 Å². The van der Waals surface area contributed by atoms with Crippen molar-refractivity contribution in [2.75, 3.05) is 19.6 Å². The third-order valence-electron chi connectivity index (χ3n) is 18.7. The van der Waals surface area contributed by atoms with Crippen molar-refractivity contribution in [2.24, 2.45) is 0 Å². The fourth-order valence-electron chi connectivity index (χ4n) is 14.8. The van der Waals surface area contributed by atoms with Crippen LogP contribution < -0.4 is 52.4 Å². The summed E-state index contributed by atoms with van der Waals surface area (Å²) >= 11 is 3.80. The summed E-state index contributed by atoms with van der Waals surface area (Å²) in [7, 11) is 0. The fraction of sp³-hybridized carbons (Fsp3) is 0. The van der Waals surface area contributed by atoms with Gasteiger partial charge in [-0.25, -0.2) is 0 Å². The second-order valence-electron chi connectivity index (χ2n) is 23.9. The van der Waals surface area contributed by atoms with E-state index in [0.717, 1.165) is 102 Å². The average Bonchev–Trinajstić information content (AvgIpc) is 1.08. The highest BCUT2D eigenvalue weighted by Gasteiger charge is 2.47. The second kappa shape index (κ2) is 22.5. The van der Waals surface area contributed by atoms with Gasteiger partial charge in [0.15, 0.2) is 0 Å². The van der Waals surface area contributed by atoms with Crippen molar-refractivity contribution in [3.05, 3.63) is 340 Å². The minimum absolute atomic E-state index is 0.0848. The molecule has 0 aromatic heterocycles. The Hall–Kier alpha value is -10.9. The molecule has 4 aliphatic heterocycles. The topological polar surface area (TPSA) is 13.0 Å². The van der Waals surface area contributed by atoms with Gasteiger partial charge in [-0.3, -0.25) is 0 Å². The van der Waals surface area contributed by atoms with Gasteiger partial charge in [0.2, 0.25) is 13.4 Å². The largest absolute Gasteiger partial charge is 0.311 e. The molecule has 4 nitrogen and oxygen atoms in total. The molecule has 14 aromatic rings. The van der Waals surface area contributed by atoms with Crippen LogP contribution in [0.15, 0.2) is 359 Å². The van der Waals surface area contributed by atoms with Crippen LogP contribution >= 0.6 is 23.5 Å². The predicted octanol–water partition coefficient (Wildman–Crippen LogP) is 19.2. The lowest BCUT2D eigenvalue weighted by Gasteiger charge is -2.45. The molecule has 0 bridgehead atoms.